The Hall–Kier alpha value is -0.800. The second kappa shape index (κ2) is 4.39. The number of fused-ring (bicyclic) bond motifs is 2. The van der Waals surface area contributed by atoms with Gasteiger partial charge in [0.1, 0.15) is 11.4 Å². The van der Waals surface area contributed by atoms with Crippen molar-refractivity contribution in [3.63, 3.8) is 0 Å². The first-order chi connectivity index (χ1) is 8.65. The summed E-state index contributed by atoms with van der Waals surface area (Å²) >= 11 is 0. The van der Waals surface area contributed by atoms with Crippen LogP contribution in [0.1, 0.15) is 39.0 Å². The van der Waals surface area contributed by atoms with Gasteiger partial charge in [-0.15, -0.1) is 0 Å². The minimum absolute atomic E-state index is 0.128. The third-order valence-corrected chi connectivity index (χ3v) is 5.04. The van der Waals surface area contributed by atoms with Crippen molar-refractivity contribution in [3.05, 3.63) is 23.5 Å². The summed E-state index contributed by atoms with van der Waals surface area (Å²) in [4.78, 5) is 0. The Morgan fingerprint density at radius 1 is 1.44 bits per heavy atom. The molecule has 1 aliphatic heterocycles. The smallest absolute Gasteiger partial charge is 0.128 e. The molecule has 3 rings (SSSR count). The molecule has 0 aromatic rings. The van der Waals surface area contributed by atoms with Gasteiger partial charge in [0.15, 0.2) is 0 Å². The van der Waals surface area contributed by atoms with E-state index in [1.54, 1.807) is 6.08 Å². The standard InChI is InChI=1S/C15H23NO2/c1-2-6-15(18)12-8-11-5-7-16-13(11)9-10(12)3-4-14(15)17/h3-4,11-13,16-18H,2,5-9H2,1H3. The van der Waals surface area contributed by atoms with Gasteiger partial charge in [0.25, 0.3) is 0 Å². The molecule has 0 spiro atoms. The topological polar surface area (TPSA) is 52.5 Å². The third-order valence-electron chi connectivity index (χ3n) is 5.04. The molecule has 2 fully saturated rings. The highest BCUT2D eigenvalue weighted by Crippen LogP contribution is 2.48. The van der Waals surface area contributed by atoms with Gasteiger partial charge in [0.05, 0.1) is 0 Å². The zero-order valence-electron chi connectivity index (χ0n) is 11.0. The van der Waals surface area contributed by atoms with Crippen molar-refractivity contribution in [1.82, 2.24) is 5.32 Å². The number of aliphatic hydroxyl groups excluding tert-OH is 1. The van der Waals surface area contributed by atoms with Crippen molar-refractivity contribution in [2.45, 2.75) is 50.7 Å². The lowest BCUT2D eigenvalue weighted by molar-refractivity contribution is -0.0307. The molecule has 3 nitrogen and oxygen atoms in total. The predicted octanol–water partition coefficient (Wildman–Crippen LogP) is 2.29. The van der Waals surface area contributed by atoms with E-state index in [1.807, 2.05) is 6.08 Å². The number of hydrogen-bond donors (Lipinski definition) is 3. The van der Waals surface area contributed by atoms with Gasteiger partial charge in [-0.3, -0.25) is 0 Å². The van der Waals surface area contributed by atoms with E-state index in [4.69, 9.17) is 0 Å². The molecule has 4 unspecified atom stereocenters. The van der Waals surface area contributed by atoms with Crippen molar-refractivity contribution >= 4 is 0 Å². The molecule has 0 radical (unpaired) electrons. The Morgan fingerprint density at radius 2 is 2.28 bits per heavy atom. The van der Waals surface area contributed by atoms with Gasteiger partial charge in [0, 0.05) is 12.0 Å². The molecule has 1 saturated carbocycles. The molecule has 0 bridgehead atoms. The molecule has 18 heavy (non-hydrogen) atoms. The van der Waals surface area contributed by atoms with E-state index >= 15 is 0 Å². The predicted molar refractivity (Wildman–Crippen MR) is 71.3 cm³/mol. The third kappa shape index (κ3) is 1.72. The fourth-order valence-electron chi connectivity index (χ4n) is 4.07. The average Bonchev–Trinajstić information content (AvgIpc) is 2.80. The van der Waals surface area contributed by atoms with Crippen molar-refractivity contribution in [1.29, 1.82) is 0 Å². The first-order valence-corrected chi connectivity index (χ1v) is 7.21. The Labute approximate surface area is 109 Å². The van der Waals surface area contributed by atoms with Crippen LogP contribution in [0.15, 0.2) is 23.5 Å². The fourth-order valence-corrected chi connectivity index (χ4v) is 4.07. The van der Waals surface area contributed by atoms with Crippen LogP contribution in [0.5, 0.6) is 0 Å². The van der Waals surface area contributed by atoms with Crippen molar-refractivity contribution in [2.75, 3.05) is 6.54 Å². The fraction of sp³-hybridized carbons (Fsp3) is 0.733. The largest absolute Gasteiger partial charge is 0.509 e. The van der Waals surface area contributed by atoms with Gasteiger partial charge in [0.2, 0.25) is 0 Å². The monoisotopic (exact) mass is 249 g/mol. The maximum absolute atomic E-state index is 10.9. The number of aliphatic hydroxyl groups is 2. The van der Waals surface area contributed by atoms with Crippen molar-refractivity contribution < 1.29 is 10.2 Å². The van der Waals surface area contributed by atoms with E-state index in [9.17, 15) is 10.2 Å². The molecule has 0 aromatic heterocycles. The van der Waals surface area contributed by atoms with Gasteiger partial charge in [-0.25, -0.2) is 0 Å². The van der Waals surface area contributed by atoms with Gasteiger partial charge in [-0.2, -0.15) is 0 Å². The average molecular weight is 249 g/mol. The lowest BCUT2D eigenvalue weighted by atomic mass is 9.64. The van der Waals surface area contributed by atoms with Crippen LogP contribution in [0.3, 0.4) is 0 Å². The maximum Gasteiger partial charge on any atom is 0.128 e. The van der Waals surface area contributed by atoms with Crippen molar-refractivity contribution in [3.8, 4) is 0 Å². The summed E-state index contributed by atoms with van der Waals surface area (Å²) in [5, 5.41) is 24.5. The summed E-state index contributed by atoms with van der Waals surface area (Å²) in [7, 11) is 0. The maximum atomic E-state index is 10.9. The van der Waals surface area contributed by atoms with Crippen LogP contribution in [-0.4, -0.2) is 28.4 Å². The summed E-state index contributed by atoms with van der Waals surface area (Å²) in [5.41, 5.74) is 0.311. The van der Waals surface area contributed by atoms with Gasteiger partial charge in [-0.05, 0) is 44.2 Å². The normalized spacial score (nSPS) is 42.9. The van der Waals surface area contributed by atoms with Crippen LogP contribution < -0.4 is 5.32 Å². The molecule has 2 aliphatic carbocycles. The van der Waals surface area contributed by atoms with Crippen LogP contribution in [0.4, 0.5) is 0 Å². The minimum atomic E-state index is -1.01. The van der Waals surface area contributed by atoms with Crippen LogP contribution >= 0.6 is 0 Å². The van der Waals surface area contributed by atoms with E-state index in [0.717, 1.165) is 25.8 Å². The number of hydrogen-bond acceptors (Lipinski definition) is 3. The lowest BCUT2D eigenvalue weighted by Crippen LogP contribution is -2.48. The Balaban J connectivity index is 1.90. The number of rotatable bonds is 2. The minimum Gasteiger partial charge on any atom is -0.509 e. The second-order valence-electron chi connectivity index (χ2n) is 6.07. The van der Waals surface area contributed by atoms with E-state index in [-0.39, 0.29) is 11.7 Å². The van der Waals surface area contributed by atoms with E-state index in [1.165, 1.54) is 12.0 Å². The summed E-state index contributed by atoms with van der Waals surface area (Å²) in [6.07, 6.45) is 8.54. The Kier molecular flexibility index (Phi) is 2.99. The first kappa shape index (κ1) is 12.2. The molecule has 1 heterocycles. The van der Waals surface area contributed by atoms with Crippen molar-refractivity contribution in [2.24, 2.45) is 11.8 Å². The van der Waals surface area contributed by atoms with Crippen LogP contribution in [0, 0.1) is 11.8 Å². The highest BCUT2D eigenvalue weighted by atomic mass is 16.3. The summed E-state index contributed by atoms with van der Waals surface area (Å²) in [5.74, 6) is 0.965. The SMILES string of the molecule is CCCC1(O)C(O)=CC=C2CC3NCCC3CC21. The molecule has 0 aromatic carbocycles. The highest BCUT2D eigenvalue weighted by molar-refractivity contribution is 5.34. The molecule has 3 heteroatoms. The van der Waals surface area contributed by atoms with E-state index in [2.05, 4.69) is 12.2 Å². The summed E-state index contributed by atoms with van der Waals surface area (Å²) in [6.45, 7) is 3.16. The van der Waals surface area contributed by atoms with Gasteiger partial charge in [-0.1, -0.05) is 25.0 Å². The summed E-state index contributed by atoms with van der Waals surface area (Å²) < 4.78 is 0. The molecular weight excluding hydrogens is 226 g/mol. The van der Waals surface area contributed by atoms with Crippen LogP contribution in [0.25, 0.3) is 0 Å². The Bertz CT molecular complexity index is 401. The quantitative estimate of drug-likeness (QED) is 0.704. The Morgan fingerprint density at radius 3 is 3.06 bits per heavy atom. The molecule has 3 N–H and O–H groups in total. The molecule has 1 saturated heterocycles. The zero-order valence-corrected chi connectivity index (χ0v) is 11.0. The van der Waals surface area contributed by atoms with Gasteiger partial charge >= 0.3 is 0 Å². The number of nitrogens with one attached hydrogen (secondary N) is 1. The van der Waals surface area contributed by atoms with Gasteiger partial charge < -0.3 is 15.5 Å². The zero-order chi connectivity index (χ0) is 12.8. The number of allylic oxidation sites excluding steroid dienone is 2. The van der Waals surface area contributed by atoms with E-state index < -0.39 is 5.60 Å². The van der Waals surface area contributed by atoms with Crippen LogP contribution in [-0.2, 0) is 0 Å². The first-order valence-electron chi connectivity index (χ1n) is 7.21. The van der Waals surface area contributed by atoms with E-state index in [0.29, 0.717) is 18.4 Å². The summed E-state index contributed by atoms with van der Waals surface area (Å²) in [6, 6.07) is 0.590. The molecule has 100 valence electrons. The molecule has 4 atom stereocenters. The van der Waals surface area contributed by atoms with Crippen LogP contribution in [0.2, 0.25) is 0 Å². The molecular formula is C15H23NO2. The highest BCUT2D eigenvalue weighted by Gasteiger charge is 2.48. The second-order valence-corrected chi connectivity index (χ2v) is 6.07. The molecule has 3 aliphatic rings. The molecule has 0 amide bonds. The lowest BCUT2D eigenvalue weighted by Gasteiger charge is -2.45.